The fourth-order valence-corrected chi connectivity index (χ4v) is 1.85. The molecule has 0 aliphatic heterocycles. The van der Waals surface area contributed by atoms with Gasteiger partial charge in [0.1, 0.15) is 5.69 Å². The first-order valence-electron chi connectivity index (χ1n) is 5.34. The van der Waals surface area contributed by atoms with Gasteiger partial charge in [0.25, 0.3) is 5.91 Å². The molecule has 1 heterocycles. The Morgan fingerprint density at radius 1 is 1.53 bits per heavy atom. The van der Waals surface area contributed by atoms with Gasteiger partial charge in [0.2, 0.25) is 0 Å². The molecule has 0 aliphatic rings. The predicted molar refractivity (Wildman–Crippen MR) is 75.7 cm³/mol. The maximum absolute atomic E-state index is 11.9. The molecule has 0 fully saturated rings. The normalized spacial score (nSPS) is 12.1. The van der Waals surface area contributed by atoms with Gasteiger partial charge in [-0.1, -0.05) is 0 Å². The second-order valence-electron chi connectivity index (χ2n) is 4.15. The van der Waals surface area contributed by atoms with Crippen LogP contribution in [0.25, 0.3) is 0 Å². The first-order valence-corrected chi connectivity index (χ1v) is 6.13. The summed E-state index contributed by atoms with van der Waals surface area (Å²) in [5.74, 6) is -0.0858. The Morgan fingerprint density at radius 3 is 2.59 bits per heavy atom. The lowest BCUT2D eigenvalue weighted by Gasteiger charge is -2.15. The van der Waals surface area contributed by atoms with Crippen molar-refractivity contribution >= 4 is 34.2 Å². The fourth-order valence-electron chi connectivity index (χ4n) is 1.41. The van der Waals surface area contributed by atoms with E-state index in [0.717, 1.165) is 4.47 Å². The summed E-state index contributed by atoms with van der Waals surface area (Å²) in [4.78, 5) is 11.9. The summed E-state index contributed by atoms with van der Waals surface area (Å²) in [6.45, 7) is 6.40. The van der Waals surface area contributed by atoms with Gasteiger partial charge in [-0.05, 0) is 42.8 Å². The number of halogens is 2. The number of nitrogens with two attached hydrogens (primary N) is 1. The number of carbonyl (C=O) groups is 1. The Bertz CT molecular complexity index is 379. The van der Waals surface area contributed by atoms with Crippen LogP contribution < -0.4 is 11.1 Å². The molecule has 1 aromatic heterocycles. The van der Waals surface area contributed by atoms with E-state index >= 15 is 0 Å². The number of amides is 1. The summed E-state index contributed by atoms with van der Waals surface area (Å²) >= 11 is 3.38. The standard InChI is InChI=1S/C11H18BrN3O.ClH/c1-7(2)15-6-9(12)4-10(15)11(16)14-8(3)5-13;/h4,6-8H,5,13H2,1-3H3,(H,14,16);1H/t8-;/m0./s1. The van der Waals surface area contributed by atoms with Crippen molar-refractivity contribution in [3.63, 3.8) is 0 Å². The lowest BCUT2D eigenvalue weighted by atomic mass is 10.3. The lowest BCUT2D eigenvalue weighted by molar-refractivity contribution is 0.0930. The van der Waals surface area contributed by atoms with Gasteiger partial charge < -0.3 is 15.6 Å². The molecule has 4 nitrogen and oxygen atoms in total. The van der Waals surface area contributed by atoms with Crippen LogP contribution in [0.15, 0.2) is 16.7 Å². The molecule has 1 atom stereocenters. The highest BCUT2D eigenvalue weighted by atomic mass is 79.9. The zero-order valence-corrected chi connectivity index (χ0v) is 12.6. The van der Waals surface area contributed by atoms with Crippen LogP contribution in [-0.2, 0) is 0 Å². The van der Waals surface area contributed by atoms with Crippen LogP contribution in [0.5, 0.6) is 0 Å². The SMILES string of the molecule is CC(C)n1cc(Br)cc1C(=O)N[C@@H](C)CN.Cl. The summed E-state index contributed by atoms with van der Waals surface area (Å²) in [5.41, 5.74) is 6.13. The topological polar surface area (TPSA) is 60.0 Å². The van der Waals surface area contributed by atoms with E-state index in [1.807, 2.05) is 37.6 Å². The van der Waals surface area contributed by atoms with Crippen LogP contribution in [-0.4, -0.2) is 23.1 Å². The molecular weight excluding hydrogens is 305 g/mol. The first-order chi connectivity index (χ1) is 7.45. The average molecular weight is 325 g/mol. The van der Waals surface area contributed by atoms with E-state index in [0.29, 0.717) is 12.2 Å². The third-order valence-corrected chi connectivity index (χ3v) is 2.77. The molecule has 0 aromatic carbocycles. The van der Waals surface area contributed by atoms with Gasteiger partial charge in [0.05, 0.1) is 0 Å². The number of aromatic nitrogens is 1. The number of rotatable bonds is 4. The lowest BCUT2D eigenvalue weighted by Crippen LogP contribution is -2.38. The third kappa shape index (κ3) is 4.33. The van der Waals surface area contributed by atoms with Crippen LogP contribution in [0.4, 0.5) is 0 Å². The second kappa shape index (κ2) is 7.03. The molecule has 0 bridgehead atoms. The van der Waals surface area contributed by atoms with Crippen LogP contribution in [0.1, 0.15) is 37.3 Å². The zero-order valence-electron chi connectivity index (χ0n) is 10.2. The molecule has 0 aliphatic carbocycles. The van der Waals surface area contributed by atoms with E-state index in [2.05, 4.69) is 21.2 Å². The van der Waals surface area contributed by atoms with Crippen molar-refractivity contribution in [1.29, 1.82) is 0 Å². The van der Waals surface area contributed by atoms with Crippen molar-refractivity contribution in [3.05, 3.63) is 22.4 Å². The van der Waals surface area contributed by atoms with Gasteiger partial charge in [0, 0.05) is 29.3 Å². The quantitative estimate of drug-likeness (QED) is 0.893. The third-order valence-electron chi connectivity index (χ3n) is 2.34. The molecule has 0 unspecified atom stereocenters. The summed E-state index contributed by atoms with van der Waals surface area (Å²) < 4.78 is 2.84. The van der Waals surface area contributed by atoms with Gasteiger partial charge in [-0.15, -0.1) is 12.4 Å². The van der Waals surface area contributed by atoms with Crippen molar-refractivity contribution in [2.75, 3.05) is 6.54 Å². The van der Waals surface area contributed by atoms with Gasteiger partial charge in [0.15, 0.2) is 0 Å². The highest BCUT2D eigenvalue weighted by molar-refractivity contribution is 9.10. The molecule has 1 amide bonds. The van der Waals surface area contributed by atoms with E-state index in [9.17, 15) is 4.79 Å². The molecule has 1 aromatic rings. The molecule has 6 heteroatoms. The Hall–Kier alpha value is -0.520. The van der Waals surface area contributed by atoms with Gasteiger partial charge in [-0.25, -0.2) is 0 Å². The van der Waals surface area contributed by atoms with Crippen LogP contribution >= 0.6 is 28.3 Å². The molecule has 0 radical (unpaired) electrons. The van der Waals surface area contributed by atoms with Crippen LogP contribution in [0.3, 0.4) is 0 Å². The van der Waals surface area contributed by atoms with E-state index in [1.54, 1.807) is 0 Å². The molecule has 0 saturated heterocycles. The first kappa shape index (κ1) is 16.5. The van der Waals surface area contributed by atoms with Gasteiger partial charge in [-0.2, -0.15) is 0 Å². The van der Waals surface area contributed by atoms with Crippen LogP contribution in [0, 0.1) is 0 Å². The minimum atomic E-state index is -0.0858. The van der Waals surface area contributed by atoms with Crippen molar-refractivity contribution < 1.29 is 4.79 Å². The summed E-state index contributed by atoms with van der Waals surface area (Å²) in [7, 11) is 0. The van der Waals surface area contributed by atoms with Crippen molar-refractivity contribution in [3.8, 4) is 0 Å². The molecule has 0 saturated carbocycles. The monoisotopic (exact) mass is 323 g/mol. The smallest absolute Gasteiger partial charge is 0.268 e. The van der Waals surface area contributed by atoms with Crippen molar-refractivity contribution in [2.45, 2.75) is 32.9 Å². The maximum Gasteiger partial charge on any atom is 0.268 e. The van der Waals surface area contributed by atoms with E-state index in [-0.39, 0.29) is 30.4 Å². The Morgan fingerprint density at radius 2 is 2.12 bits per heavy atom. The minimum Gasteiger partial charge on any atom is -0.347 e. The molecule has 3 N–H and O–H groups in total. The predicted octanol–water partition coefficient (Wildman–Crippen LogP) is 2.33. The number of carbonyl (C=O) groups excluding carboxylic acids is 1. The summed E-state index contributed by atoms with van der Waals surface area (Å²) in [5, 5.41) is 2.85. The Labute approximate surface area is 116 Å². The molecule has 0 spiro atoms. The Kier molecular flexibility index (Phi) is 6.82. The highest BCUT2D eigenvalue weighted by Gasteiger charge is 2.15. The highest BCUT2D eigenvalue weighted by Crippen LogP contribution is 2.19. The molecule has 1 rings (SSSR count). The maximum atomic E-state index is 11.9. The van der Waals surface area contributed by atoms with Crippen molar-refractivity contribution in [2.24, 2.45) is 5.73 Å². The average Bonchev–Trinajstić information content (AvgIpc) is 2.60. The summed E-state index contributed by atoms with van der Waals surface area (Å²) in [6, 6.07) is 2.06. The molecule has 17 heavy (non-hydrogen) atoms. The number of hydrogen-bond acceptors (Lipinski definition) is 2. The van der Waals surface area contributed by atoms with E-state index in [4.69, 9.17) is 5.73 Å². The number of hydrogen-bond donors (Lipinski definition) is 2. The Balaban J connectivity index is 0.00000256. The summed E-state index contributed by atoms with van der Waals surface area (Å²) in [6.07, 6.45) is 1.91. The number of nitrogens with zero attached hydrogens (tertiary/aromatic N) is 1. The minimum absolute atomic E-state index is 0. The van der Waals surface area contributed by atoms with Gasteiger partial charge in [-0.3, -0.25) is 4.79 Å². The van der Waals surface area contributed by atoms with Gasteiger partial charge >= 0.3 is 0 Å². The largest absolute Gasteiger partial charge is 0.347 e. The molecule has 98 valence electrons. The van der Waals surface area contributed by atoms with E-state index in [1.165, 1.54) is 0 Å². The molecular formula is C11H19BrClN3O. The fraction of sp³-hybridized carbons (Fsp3) is 0.545. The second-order valence-corrected chi connectivity index (χ2v) is 5.07. The van der Waals surface area contributed by atoms with Crippen molar-refractivity contribution in [1.82, 2.24) is 9.88 Å². The van der Waals surface area contributed by atoms with Crippen LogP contribution in [0.2, 0.25) is 0 Å². The van der Waals surface area contributed by atoms with E-state index < -0.39 is 0 Å². The number of nitrogens with one attached hydrogen (secondary N) is 1. The zero-order chi connectivity index (χ0) is 12.3.